The van der Waals surface area contributed by atoms with E-state index in [4.69, 9.17) is 16.3 Å². The summed E-state index contributed by atoms with van der Waals surface area (Å²) in [6.07, 6.45) is 3.57. The van der Waals surface area contributed by atoms with Crippen LogP contribution in [0.25, 0.3) is 22.3 Å². The number of aliphatic hydroxyl groups is 1. The number of nitrogens with one attached hydrogen (secondary N) is 3. The number of anilines is 1. The number of ether oxygens (including phenoxy) is 1. The minimum Gasteiger partial charge on any atom is -0.394 e. The van der Waals surface area contributed by atoms with Crippen LogP contribution in [0.15, 0.2) is 48.8 Å². The second-order valence-electron chi connectivity index (χ2n) is 7.83. The largest absolute Gasteiger partial charge is 0.394 e. The third-order valence-electron chi connectivity index (χ3n) is 5.72. The van der Waals surface area contributed by atoms with E-state index < -0.39 is 6.04 Å². The van der Waals surface area contributed by atoms with E-state index in [1.165, 1.54) is 0 Å². The third kappa shape index (κ3) is 4.43. The summed E-state index contributed by atoms with van der Waals surface area (Å²) in [5.41, 5.74) is 4.24. The molecule has 1 fully saturated rings. The van der Waals surface area contributed by atoms with Gasteiger partial charge in [0.2, 0.25) is 0 Å². The first-order valence-electron chi connectivity index (χ1n) is 10.6. The van der Waals surface area contributed by atoms with Crippen molar-refractivity contribution < 1.29 is 14.6 Å². The molecule has 1 aliphatic rings. The number of hydrogen-bond donors (Lipinski definition) is 4. The molecule has 0 bridgehead atoms. The fraction of sp³-hybridized carbons (Fsp3) is 0.261. The number of carbonyl (C=O) groups excluding carboxylic acids is 1. The van der Waals surface area contributed by atoms with E-state index in [1.54, 1.807) is 30.5 Å². The first-order valence-corrected chi connectivity index (χ1v) is 11.0. The summed E-state index contributed by atoms with van der Waals surface area (Å²) in [6, 6.07) is 10.3. The van der Waals surface area contributed by atoms with Gasteiger partial charge in [0.25, 0.3) is 5.91 Å². The number of pyridine rings is 1. The third-order valence-corrected chi connectivity index (χ3v) is 5.95. The molecule has 1 amide bonds. The standard InChI is InChI=1S/C23H23ClN6O3/c24-16-3-1-2-14(8-16)20(13-31)27-23(32)19-9-15(11-25-19)21-18-10-17(12-26-22(18)29-28-21)30-4-6-33-7-5-30/h1-3,8-12,20,25,31H,4-7,13H2,(H,27,32)(H,26,28,29)/t20-/m1/s1. The number of amides is 1. The highest BCUT2D eigenvalue weighted by atomic mass is 35.5. The van der Waals surface area contributed by atoms with Gasteiger partial charge < -0.3 is 25.0 Å². The summed E-state index contributed by atoms with van der Waals surface area (Å²) in [5, 5.41) is 21.4. The van der Waals surface area contributed by atoms with E-state index in [0.717, 1.165) is 35.3 Å². The maximum Gasteiger partial charge on any atom is 0.268 e. The van der Waals surface area contributed by atoms with Gasteiger partial charge in [0.1, 0.15) is 11.4 Å². The summed E-state index contributed by atoms with van der Waals surface area (Å²) >= 11 is 6.04. The van der Waals surface area contributed by atoms with Crippen LogP contribution < -0.4 is 10.2 Å². The first-order chi connectivity index (χ1) is 16.1. The fourth-order valence-electron chi connectivity index (χ4n) is 3.96. The van der Waals surface area contributed by atoms with E-state index in [2.05, 4.69) is 36.4 Å². The molecule has 1 aliphatic heterocycles. The molecule has 1 atom stereocenters. The van der Waals surface area contributed by atoms with E-state index >= 15 is 0 Å². The number of nitrogens with zero attached hydrogens (tertiary/aromatic N) is 3. The molecular weight excluding hydrogens is 444 g/mol. The zero-order valence-corrected chi connectivity index (χ0v) is 18.5. The van der Waals surface area contributed by atoms with Crippen molar-refractivity contribution in [2.75, 3.05) is 37.8 Å². The minimum atomic E-state index is -0.575. The topological polar surface area (TPSA) is 119 Å². The molecule has 1 saturated heterocycles. The summed E-state index contributed by atoms with van der Waals surface area (Å²) in [5.74, 6) is -0.341. The van der Waals surface area contributed by atoms with Crippen molar-refractivity contribution in [2.45, 2.75) is 6.04 Å². The molecule has 9 nitrogen and oxygen atoms in total. The highest BCUT2D eigenvalue weighted by Gasteiger charge is 2.19. The lowest BCUT2D eigenvalue weighted by atomic mass is 10.1. The highest BCUT2D eigenvalue weighted by Crippen LogP contribution is 2.29. The van der Waals surface area contributed by atoms with Gasteiger partial charge in [0, 0.05) is 35.3 Å². The van der Waals surface area contributed by atoms with Gasteiger partial charge in [0.05, 0.1) is 37.7 Å². The van der Waals surface area contributed by atoms with Crippen LogP contribution in [0, 0.1) is 0 Å². The number of halogens is 1. The van der Waals surface area contributed by atoms with Gasteiger partial charge in [-0.15, -0.1) is 0 Å². The average Bonchev–Trinajstić information content (AvgIpc) is 3.50. The molecule has 0 spiro atoms. The van der Waals surface area contributed by atoms with E-state index in [-0.39, 0.29) is 12.5 Å². The molecule has 3 aromatic heterocycles. The Hall–Kier alpha value is -3.40. The smallest absolute Gasteiger partial charge is 0.268 e. The molecule has 5 rings (SSSR count). The van der Waals surface area contributed by atoms with Crippen molar-refractivity contribution in [1.82, 2.24) is 25.5 Å². The number of aromatic nitrogens is 4. The van der Waals surface area contributed by atoms with E-state index in [0.29, 0.717) is 35.3 Å². The van der Waals surface area contributed by atoms with Crippen molar-refractivity contribution in [3.8, 4) is 11.3 Å². The summed E-state index contributed by atoms with van der Waals surface area (Å²) in [7, 11) is 0. The van der Waals surface area contributed by atoms with Gasteiger partial charge >= 0.3 is 0 Å². The number of carbonyl (C=O) groups is 1. The van der Waals surface area contributed by atoms with Gasteiger partial charge in [-0.1, -0.05) is 23.7 Å². The lowest BCUT2D eigenvalue weighted by Crippen LogP contribution is -2.36. The second kappa shape index (κ2) is 9.22. The van der Waals surface area contributed by atoms with Crippen LogP contribution in [0.2, 0.25) is 5.02 Å². The molecular formula is C23H23ClN6O3. The van der Waals surface area contributed by atoms with Gasteiger partial charge in [-0.05, 0) is 29.8 Å². The molecule has 0 saturated carbocycles. The molecule has 170 valence electrons. The van der Waals surface area contributed by atoms with E-state index in [9.17, 15) is 9.90 Å². The van der Waals surface area contributed by atoms with Crippen molar-refractivity contribution >= 4 is 34.2 Å². The minimum absolute atomic E-state index is 0.250. The van der Waals surface area contributed by atoms with Gasteiger partial charge in [-0.2, -0.15) is 5.10 Å². The normalized spacial score (nSPS) is 15.0. The van der Waals surface area contributed by atoms with Crippen molar-refractivity contribution in [3.63, 3.8) is 0 Å². The molecule has 33 heavy (non-hydrogen) atoms. The number of H-pyrrole nitrogens is 2. The zero-order chi connectivity index (χ0) is 22.8. The Morgan fingerprint density at radius 2 is 2.12 bits per heavy atom. The molecule has 0 radical (unpaired) electrons. The van der Waals surface area contributed by atoms with Crippen molar-refractivity contribution in [3.05, 3.63) is 65.1 Å². The Kier molecular flexibility index (Phi) is 5.99. The number of fused-ring (bicyclic) bond motifs is 1. The Labute approximate surface area is 194 Å². The van der Waals surface area contributed by atoms with Crippen molar-refractivity contribution in [2.24, 2.45) is 0 Å². The van der Waals surface area contributed by atoms with Crippen LogP contribution in [0.1, 0.15) is 22.1 Å². The van der Waals surface area contributed by atoms with Crippen LogP contribution in [-0.2, 0) is 4.74 Å². The molecule has 1 aromatic carbocycles. The first kappa shape index (κ1) is 21.4. The number of benzene rings is 1. The molecule has 4 aromatic rings. The predicted molar refractivity (Wildman–Crippen MR) is 125 cm³/mol. The Balaban J connectivity index is 1.38. The molecule has 10 heteroatoms. The predicted octanol–water partition coefficient (Wildman–Crippen LogP) is 2.91. The molecule has 0 aliphatic carbocycles. The monoisotopic (exact) mass is 466 g/mol. The summed E-state index contributed by atoms with van der Waals surface area (Å²) < 4.78 is 5.44. The summed E-state index contributed by atoms with van der Waals surface area (Å²) in [6.45, 7) is 2.76. The van der Waals surface area contributed by atoms with Crippen LogP contribution >= 0.6 is 11.6 Å². The average molecular weight is 467 g/mol. The maximum absolute atomic E-state index is 12.8. The molecule has 0 unspecified atom stereocenters. The van der Waals surface area contributed by atoms with Gasteiger partial charge in [0.15, 0.2) is 5.65 Å². The van der Waals surface area contributed by atoms with Crippen LogP contribution in [0.5, 0.6) is 0 Å². The lowest BCUT2D eigenvalue weighted by molar-refractivity contribution is 0.0911. The Bertz CT molecular complexity index is 1280. The molecule has 4 heterocycles. The number of rotatable bonds is 6. The van der Waals surface area contributed by atoms with Crippen LogP contribution in [-0.4, -0.2) is 64.1 Å². The molecule has 4 N–H and O–H groups in total. The zero-order valence-electron chi connectivity index (χ0n) is 17.7. The Morgan fingerprint density at radius 1 is 1.27 bits per heavy atom. The Morgan fingerprint density at radius 3 is 2.91 bits per heavy atom. The quantitative estimate of drug-likeness (QED) is 0.347. The van der Waals surface area contributed by atoms with Crippen LogP contribution in [0.4, 0.5) is 5.69 Å². The number of morpholine rings is 1. The highest BCUT2D eigenvalue weighted by molar-refractivity contribution is 6.30. The van der Waals surface area contributed by atoms with Crippen molar-refractivity contribution in [1.29, 1.82) is 0 Å². The number of hydrogen-bond acceptors (Lipinski definition) is 6. The summed E-state index contributed by atoms with van der Waals surface area (Å²) in [4.78, 5) is 22.6. The maximum atomic E-state index is 12.8. The SMILES string of the molecule is O=C(N[C@H](CO)c1cccc(Cl)c1)c1cc(-c2n[nH]c3ncc(N4CCOCC4)cc23)c[nH]1. The van der Waals surface area contributed by atoms with Gasteiger partial charge in [-0.3, -0.25) is 9.89 Å². The lowest BCUT2D eigenvalue weighted by Gasteiger charge is -2.28. The number of aromatic amines is 2. The fourth-order valence-corrected chi connectivity index (χ4v) is 4.16. The van der Waals surface area contributed by atoms with Gasteiger partial charge in [-0.25, -0.2) is 4.98 Å². The second-order valence-corrected chi connectivity index (χ2v) is 8.26. The number of aliphatic hydroxyl groups excluding tert-OH is 1. The van der Waals surface area contributed by atoms with E-state index in [1.807, 2.05) is 12.3 Å². The van der Waals surface area contributed by atoms with Crippen LogP contribution in [0.3, 0.4) is 0 Å².